The molecule has 0 atom stereocenters. The maximum Gasteiger partial charge on any atom is 0.270 e. The summed E-state index contributed by atoms with van der Waals surface area (Å²) >= 11 is 0. The highest BCUT2D eigenvalue weighted by Crippen LogP contribution is 2.29. The summed E-state index contributed by atoms with van der Waals surface area (Å²) in [5, 5.41) is 24.6. The molecule has 2 heterocycles. The van der Waals surface area contributed by atoms with E-state index in [1.165, 1.54) is 41.3 Å². The van der Waals surface area contributed by atoms with Crippen molar-refractivity contribution in [1.29, 1.82) is 0 Å². The average Bonchev–Trinajstić information content (AvgIpc) is 3.30. The van der Waals surface area contributed by atoms with Crippen LogP contribution >= 0.6 is 0 Å². The number of nitro groups is 1. The molecular weight excluding hydrogens is 393 g/mol. The van der Waals surface area contributed by atoms with Crippen LogP contribution in [-0.2, 0) is 0 Å². The number of halogens is 1. The molecule has 11 heteroatoms. The molecule has 1 N–H and O–H groups in total. The van der Waals surface area contributed by atoms with Gasteiger partial charge in [0.05, 0.1) is 27.5 Å². The Bertz CT molecular complexity index is 1080. The van der Waals surface area contributed by atoms with Gasteiger partial charge in [0, 0.05) is 25.2 Å². The number of amides is 1. The molecule has 0 saturated carbocycles. The van der Waals surface area contributed by atoms with Gasteiger partial charge >= 0.3 is 0 Å². The summed E-state index contributed by atoms with van der Waals surface area (Å²) in [7, 11) is 0. The fraction of sp³-hybridized carbons (Fsp3) is 0.263. The van der Waals surface area contributed by atoms with Gasteiger partial charge in [-0.1, -0.05) is 0 Å². The van der Waals surface area contributed by atoms with Gasteiger partial charge in [0.2, 0.25) is 0 Å². The number of benzene rings is 2. The van der Waals surface area contributed by atoms with Crippen LogP contribution in [0.2, 0.25) is 0 Å². The largest absolute Gasteiger partial charge is 0.371 e. The van der Waals surface area contributed by atoms with Gasteiger partial charge in [-0.15, -0.1) is 5.10 Å². The molecule has 0 aliphatic carbocycles. The topological polar surface area (TPSA) is 119 Å². The van der Waals surface area contributed by atoms with E-state index < -0.39 is 16.6 Å². The van der Waals surface area contributed by atoms with E-state index in [1.807, 2.05) is 4.90 Å². The van der Waals surface area contributed by atoms with Gasteiger partial charge in [-0.3, -0.25) is 14.9 Å². The van der Waals surface area contributed by atoms with E-state index in [9.17, 15) is 19.3 Å². The van der Waals surface area contributed by atoms with Crippen LogP contribution in [0, 0.1) is 15.9 Å². The van der Waals surface area contributed by atoms with E-state index in [-0.39, 0.29) is 16.9 Å². The van der Waals surface area contributed by atoms with Gasteiger partial charge in [-0.05, 0) is 54.0 Å². The molecule has 0 radical (unpaired) electrons. The van der Waals surface area contributed by atoms with Gasteiger partial charge in [0.25, 0.3) is 11.6 Å². The maximum atomic E-state index is 14.4. The number of carbonyl (C=O) groups is 1. The van der Waals surface area contributed by atoms with Crippen LogP contribution in [0.15, 0.2) is 42.7 Å². The Morgan fingerprint density at radius 2 is 1.93 bits per heavy atom. The molecule has 1 saturated heterocycles. The molecule has 1 aliphatic heterocycles. The molecule has 4 rings (SSSR count). The number of piperidine rings is 1. The van der Waals surface area contributed by atoms with Crippen molar-refractivity contribution in [1.82, 2.24) is 20.2 Å². The summed E-state index contributed by atoms with van der Waals surface area (Å²) in [4.78, 5) is 25.7. The molecule has 154 valence electrons. The zero-order chi connectivity index (χ0) is 21.1. The van der Waals surface area contributed by atoms with Crippen molar-refractivity contribution in [2.24, 2.45) is 0 Å². The van der Waals surface area contributed by atoms with Gasteiger partial charge < -0.3 is 10.2 Å². The molecule has 0 spiro atoms. The average molecular weight is 411 g/mol. The summed E-state index contributed by atoms with van der Waals surface area (Å²) in [6.07, 6.45) is 4.38. The van der Waals surface area contributed by atoms with Crippen LogP contribution in [0.4, 0.5) is 21.5 Å². The molecule has 3 aromatic rings. The smallest absolute Gasteiger partial charge is 0.270 e. The van der Waals surface area contributed by atoms with Crippen molar-refractivity contribution in [3.05, 3.63) is 64.2 Å². The highest BCUT2D eigenvalue weighted by molar-refractivity contribution is 6.08. The Kier molecular flexibility index (Phi) is 5.33. The third kappa shape index (κ3) is 3.95. The first-order chi connectivity index (χ1) is 14.5. The number of nitrogens with zero attached hydrogens (tertiary/aromatic N) is 6. The van der Waals surface area contributed by atoms with Gasteiger partial charge in [0.15, 0.2) is 0 Å². The van der Waals surface area contributed by atoms with E-state index in [4.69, 9.17) is 0 Å². The maximum absolute atomic E-state index is 14.4. The number of nitrogens with one attached hydrogen (secondary N) is 1. The van der Waals surface area contributed by atoms with Crippen LogP contribution in [0.3, 0.4) is 0 Å². The molecule has 2 aromatic carbocycles. The lowest BCUT2D eigenvalue weighted by molar-refractivity contribution is -0.384. The number of hydrogen-bond acceptors (Lipinski definition) is 7. The Labute approximate surface area is 170 Å². The second-order valence-electron chi connectivity index (χ2n) is 6.88. The normalized spacial score (nSPS) is 13.8. The molecule has 0 bridgehead atoms. The number of hydrogen-bond donors (Lipinski definition) is 1. The Morgan fingerprint density at radius 3 is 2.63 bits per heavy atom. The number of rotatable bonds is 5. The minimum absolute atomic E-state index is 0.0795. The summed E-state index contributed by atoms with van der Waals surface area (Å²) in [6.45, 7) is 1.50. The first kappa shape index (κ1) is 19.4. The van der Waals surface area contributed by atoms with E-state index in [1.54, 1.807) is 6.07 Å². The lowest BCUT2D eigenvalue weighted by Crippen LogP contribution is -2.31. The number of carbonyl (C=O) groups excluding carboxylic acids is 1. The number of aromatic nitrogens is 4. The number of nitro benzene ring substituents is 1. The minimum Gasteiger partial charge on any atom is -0.371 e. The van der Waals surface area contributed by atoms with Gasteiger partial charge in [-0.2, -0.15) is 0 Å². The third-order valence-electron chi connectivity index (χ3n) is 4.94. The second kappa shape index (κ2) is 8.23. The zero-order valence-electron chi connectivity index (χ0n) is 15.9. The molecule has 30 heavy (non-hydrogen) atoms. The quantitative estimate of drug-likeness (QED) is 0.506. The predicted octanol–water partition coefficient (Wildman–Crippen LogP) is 2.95. The van der Waals surface area contributed by atoms with Crippen molar-refractivity contribution in [2.75, 3.05) is 23.3 Å². The van der Waals surface area contributed by atoms with Crippen molar-refractivity contribution in [3.8, 4) is 5.69 Å². The van der Waals surface area contributed by atoms with Crippen LogP contribution in [0.25, 0.3) is 5.69 Å². The van der Waals surface area contributed by atoms with E-state index in [2.05, 4.69) is 20.8 Å². The van der Waals surface area contributed by atoms with E-state index in [0.29, 0.717) is 11.4 Å². The highest BCUT2D eigenvalue weighted by Gasteiger charge is 2.22. The number of anilines is 2. The zero-order valence-corrected chi connectivity index (χ0v) is 15.9. The lowest BCUT2D eigenvalue weighted by atomic mass is 10.1. The molecule has 1 aromatic heterocycles. The van der Waals surface area contributed by atoms with Crippen LogP contribution in [0.5, 0.6) is 0 Å². The van der Waals surface area contributed by atoms with Crippen molar-refractivity contribution < 1.29 is 14.1 Å². The number of non-ortho nitro benzene ring substituents is 1. The monoisotopic (exact) mass is 411 g/mol. The predicted molar refractivity (Wildman–Crippen MR) is 106 cm³/mol. The SMILES string of the molecule is O=C(Nc1cc(-n2cnnn2)ccc1F)c1cc([N+](=O)[O-])ccc1N1CCCCC1. The molecule has 1 amide bonds. The van der Waals surface area contributed by atoms with Gasteiger partial charge in [-0.25, -0.2) is 9.07 Å². The van der Waals surface area contributed by atoms with E-state index >= 15 is 0 Å². The Morgan fingerprint density at radius 1 is 1.13 bits per heavy atom. The molecule has 1 fully saturated rings. The number of tetrazole rings is 1. The second-order valence-corrected chi connectivity index (χ2v) is 6.88. The van der Waals surface area contributed by atoms with Crippen molar-refractivity contribution in [3.63, 3.8) is 0 Å². The molecular formula is C19H18FN7O3. The fourth-order valence-electron chi connectivity index (χ4n) is 3.45. The van der Waals surface area contributed by atoms with Gasteiger partial charge in [0.1, 0.15) is 12.1 Å². The summed E-state index contributed by atoms with van der Waals surface area (Å²) in [5.74, 6) is -1.28. The van der Waals surface area contributed by atoms with Crippen LogP contribution in [0.1, 0.15) is 29.6 Å². The highest BCUT2D eigenvalue weighted by atomic mass is 19.1. The lowest BCUT2D eigenvalue weighted by Gasteiger charge is -2.30. The summed E-state index contributed by atoms with van der Waals surface area (Å²) in [6, 6.07) is 8.22. The van der Waals surface area contributed by atoms with E-state index in [0.717, 1.165) is 32.4 Å². The van der Waals surface area contributed by atoms with Crippen LogP contribution < -0.4 is 10.2 Å². The molecule has 1 aliphatic rings. The molecule has 0 unspecified atom stereocenters. The first-order valence-electron chi connectivity index (χ1n) is 9.40. The van der Waals surface area contributed by atoms with Crippen LogP contribution in [-0.4, -0.2) is 44.1 Å². The Balaban J connectivity index is 1.68. The minimum atomic E-state index is -0.648. The first-order valence-corrected chi connectivity index (χ1v) is 9.40. The summed E-state index contributed by atoms with van der Waals surface area (Å²) < 4.78 is 15.7. The van der Waals surface area contributed by atoms with Crippen molar-refractivity contribution >= 4 is 23.0 Å². The Hall–Kier alpha value is -3.89. The fourth-order valence-corrected chi connectivity index (χ4v) is 3.45. The standard InChI is InChI=1S/C19H18FN7O3/c20-16-6-4-13(26-12-21-23-24-26)11-17(16)22-19(28)15-10-14(27(29)30)5-7-18(15)25-8-2-1-3-9-25/h4-7,10-12H,1-3,8-9H2,(H,22,28). The van der Waals surface area contributed by atoms with Crippen molar-refractivity contribution in [2.45, 2.75) is 19.3 Å². The summed E-state index contributed by atoms with van der Waals surface area (Å²) in [5.41, 5.74) is 0.882. The third-order valence-corrected chi connectivity index (χ3v) is 4.94. The molecule has 10 nitrogen and oxygen atoms in total.